The Kier molecular flexibility index (Phi) is 4.72. The van der Waals surface area contributed by atoms with Crippen LogP contribution in [-0.2, 0) is 0 Å². The van der Waals surface area contributed by atoms with E-state index in [1.165, 1.54) is 18.2 Å². The van der Waals surface area contributed by atoms with Gasteiger partial charge in [0, 0.05) is 5.69 Å². The molecule has 0 saturated heterocycles. The van der Waals surface area contributed by atoms with Crippen LogP contribution in [0.5, 0.6) is 0 Å². The standard InChI is InChI=1S/C14H11ClFN3OS/c15-10-7-8(5-6-11(10)16)18-14(21)19-12-4-2-1-3-9(12)13(17)20/h1-7H,(H2,17,20)(H2,18,19,21). The van der Waals surface area contributed by atoms with Crippen molar-refractivity contribution >= 4 is 46.2 Å². The Hall–Kier alpha value is -2.18. The van der Waals surface area contributed by atoms with Crippen molar-refractivity contribution in [1.82, 2.24) is 0 Å². The molecule has 4 nitrogen and oxygen atoms in total. The van der Waals surface area contributed by atoms with Crippen LogP contribution in [0.25, 0.3) is 0 Å². The number of rotatable bonds is 3. The van der Waals surface area contributed by atoms with Crippen LogP contribution in [0.4, 0.5) is 15.8 Å². The van der Waals surface area contributed by atoms with Crippen LogP contribution in [0.2, 0.25) is 5.02 Å². The lowest BCUT2D eigenvalue weighted by molar-refractivity contribution is 0.100. The number of hydrogen-bond donors (Lipinski definition) is 3. The molecule has 0 spiro atoms. The van der Waals surface area contributed by atoms with Gasteiger partial charge >= 0.3 is 0 Å². The molecule has 0 unspecified atom stereocenters. The minimum Gasteiger partial charge on any atom is -0.366 e. The Balaban J connectivity index is 2.12. The van der Waals surface area contributed by atoms with Gasteiger partial charge in [-0.25, -0.2) is 4.39 Å². The van der Waals surface area contributed by atoms with E-state index in [1.807, 2.05) is 0 Å². The van der Waals surface area contributed by atoms with Crippen LogP contribution < -0.4 is 16.4 Å². The maximum atomic E-state index is 13.1. The minimum atomic E-state index is -0.564. The fraction of sp³-hybridized carbons (Fsp3) is 0. The van der Waals surface area contributed by atoms with Gasteiger partial charge in [-0.05, 0) is 42.5 Å². The first kappa shape index (κ1) is 15.2. The van der Waals surface area contributed by atoms with Crippen LogP contribution >= 0.6 is 23.8 Å². The SMILES string of the molecule is NC(=O)c1ccccc1NC(=S)Nc1ccc(F)c(Cl)c1. The number of primary amides is 1. The summed E-state index contributed by atoms with van der Waals surface area (Å²) in [6.07, 6.45) is 0. The highest BCUT2D eigenvalue weighted by molar-refractivity contribution is 7.80. The maximum absolute atomic E-state index is 13.1. The molecule has 0 aliphatic heterocycles. The van der Waals surface area contributed by atoms with E-state index in [-0.39, 0.29) is 10.1 Å². The van der Waals surface area contributed by atoms with Gasteiger partial charge in [0.05, 0.1) is 16.3 Å². The first-order chi connectivity index (χ1) is 9.97. The Labute approximate surface area is 131 Å². The zero-order valence-corrected chi connectivity index (χ0v) is 12.3. The van der Waals surface area contributed by atoms with Gasteiger partial charge in [-0.2, -0.15) is 0 Å². The Morgan fingerprint density at radius 3 is 2.57 bits per heavy atom. The van der Waals surface area contributed by atoms with E-state index < -0.39 is 11.7 Å². The van der Waals surface area contributed by atoms with Crippen molar-refractivity contribution in [3.05, 3.63) is 58.9 Å². The number of thiocarbonyl (C=S) groups is 1. The summed E-state index contributed by atoms with van der Waals surface area (Å²) < 4.78 is 13.1. The van der Waals surface area contributed by atoms with Gasteiger partial charge in [0.15, 0.2) is 5.11 Å². The second-order valence-electron chi connectivity index (χ2n) is 4.12. The summed E-state index contributed by atoms with van der Waals surface area (Å²) in [5, 5.41) is 5.91. The molecule has 0 aromatic heterocycles. The largest absolute Gasteiger partial charge is 0.366 e. The van der Waals surface area contributed by atoms with Crippen LogP contribution in [0.3, 0.4) is 0 Å². The molecule has 2 rings (SSSR count). The van der Waals surface area contributed by atoms with E-state index in [4.69, 9.17) is 29.6 Å². The molecule has 2 aromatic carbocycles. The second-order valence-corrected chi connectivity index (χ2v) is 4.93. The predicted octanol–water partition coefficient (Wildman–Crippen LogP) is 3.39. The van der Waals surface area contributed by atoms with Crippen molar-refractivity contribution in [2.75, 3.05) is 10.6 Å². The average Bonchev–Trinajstić information content (AvgIpc) is 2.43. The lowest BCUT2D eigenvalue weighted by atomic mass is 10.1. The molecule has 0 atom stereocenters. The molecular weight excluding hydrogens is 313 g/mol. The topological polar surface area (TPSA) is 67.2 Å². The molecule has 0 fully saturated rings. The maximum Gasteiger partial charge on any atom is 0.250 e. The summed E-state index contributed by atoms with van der Waals surface area (Å²) in [5.74, 6) is -1.08. The summed E-state index contributed by atoms with van der Waals surface area (Å²) in [6, 6.07) is 10.8. The quantitative estimate of drug-likeness (QED) is 0.757. The monoisotopic (exact) mass is 323 g/mol. The lowest BCUT2D eigenvalue weighted by Gasteiger charge is -2.13. The van der Waals surface area contributed by atoms with E-state index in [1.54, 1.807) is 24.3 Å². The van der Waals surface area contributed by atoms with Gasteiger partial charge < -0.3 is 16.4 Å². The third kappa shape index (κ3) is 3.90. The van der Waals surface area contributed by atoms with Crippen molar-refractivity contribution in [2.24, 2.45) is 5.73 Å². The summed E-state index contributed by atoms with van der Waals surface area (Å²) in [5.41, 5.74) is 6.60. The average molecular weight is 324 g/mol. The van der Waals surface area contributed by atoms with Gasteiger partial charge in [-0.1, -0.05) is 23.7 Å². The first-order valence-electron chi connectivity index (χ1n) is 5.89. The predicted molar refractivity (Wildman–Crippen MR) is 86.2 cm³/mol. The van der Waals surface area contributed by atoms with Crippen molar-refractivity contribution in [3.8, 4) is 0 Å². The molecule has 4 N–H and O–H groups in total. The Bertz CT molecular complexity index is 708. The van der Waals surface area contributed by atoms with Crippen LogP contribution in [0.15, 0.2) is 42.5 Å². The molecule has 2 aromatic rings. The number of nitrogens with two attached hydrogens (primary N) is 1. The zero-order valence-electron chi connectivity index (χ0n) is 10.7. The normalized spacial score (nSPS) is 10.0. The van der Waals surface area contributed by atoms with Gasteiger partial charge in [0.1, 0.15) is 5.82 Å². The number of amides is 1. The third-order valence-electron chi connectivity index (χ3n) is 2.62. The van der Waals surface area contributed by atoms with E-state index in [0.717, 1.165) is 0 Å². The van der Waals surface area contributed by atoms with Crippen LogP contribution in [-0.4, -0.2) is 11.0 Å². The number of benzene rings is 2. The number of carbonyl (C=O) groups is 1. The molecule has 0 radical (unpaired) electrons. The van der Waals surface area contributed by atoms with Gasteiger partial charge in [-0.3, -0.25) is 4.79 Å². The molecule has 108 valence electrons. The number of nitrogens with one attached hydrogen (secondary N) is 2. The van der Waals surface area contributed by atoms with Crippen molar-refractivity contribution < 1.29 is 9.18 Å². The van der Waals surface area contributed by atoms with Crippen LogP contribution in [0.1, 0.15) is 10.4 Å². The van der Waals surface area contributed by atoms with Crippen LogP contribution in [0, 0.1) is 5.82 Å². The fourth-order valence-corrected chi connectivity index (χ4v) is 2.07. The molecule has 0 bridgehead atoms. The van der Waals surface area contributed by atoms with E-state index in [2.05, 4.69) is 10.6 Å². The molecule has 0 saturated carbocycles. The van der Waals surface area contributed by atoms with Gasteiger partial charge in [-0.15, -0.1) is 0 Å². The van der Waals surface area contributed by atoms with E-state index in [9.17, 15) is 9.18 Å². The second kappa shape index (κ2) is 6.51. The lowest BCUT2D eigenvalue weighted by Crippen LogP contribution is -2.22. The summed E-state index contributed by atoms with van der Waals surface area (Å²) >= 11 is 10.8. The highest BCUT2D eigenvalue weighted by atomic mass is 35.5. The highest BCUT2D eigenvalue weighted by Gasteiger charge is 2.09. The Morgan fingerprint density at radius 2 is 1.90 bits per heavy atom. The number of para-hydroxylation sites is 1. The number of carbonyl (C=O) groups excluding carboxylic acids is 1. The summed E-state index contributed by atoms with van der Waals surface area (Å²) in [4.78, 5) is 11.3. The van der Waals surface area contributed by atoms with Gasteiger partial charge in [0.25, 0.3) is 5.91 Å². The molecule has 21 heavy (non-hydrogen) atoms. The molecule has 7 heteroatoms. The summed E-state index contributed by atoms with van der Waals surface area (Å²) in [7, 11) is 0. The Morgan fingerprint density at radius 1 is 1.19 bits per heavy atom. The first-order valence-corrected chi connectivity index (χ1v) is 6.68. The van der Waals surface area contributed by atoms with Gasteiger partial charge in [0.2, 0.25) is 0 Å². The smallest absolute Gasteiger partial charge is 0.250 e. The van der Waals surface area contributed by atoms with Crippen molar-refractivity contribution in [1.29, 1.82) is 0 Å². The van der Waals surface area contributed by atoms with E-state index in [0.29, 0.717) is 16.9 Å². The molecule has 0 aliphatic carbocycles. The number of hydrogen-bond acceptors (Lipinski definition) is 2. The third-order valence-corrected chi connectivity index (χ3v) is 3.11. The molecule has 0 aliphatic rings. The number of anilines is 2. The van der Waals surface area contributed by atoms with Crippen molar-refractivity contribution in [3.63, 3.8) is 0 Å². The molecular formula is C14H11ClFN3OS. The minimum absolute atomic E-state index is 0.0136. The molecule has 1 amide bonds. The summed E-state index contributed by atoms with van der Waals surface area (Å²) in [6.45, 7) is 0. The molecule has 0 heterocycles. The van der Waals surface area contributed by atoms with E-state index >= 15 is 0 Å². The highest BCUT2D eigenvalue weighted by Crippen LogP contribution is 2.20. The number of halogens is 2. The van der Waals surface area contributed by atoms with Crippen molar-refractivity contribution in [2.45, 2.75) is 0 Å². The zero-order chi connectivity index (χ0) is 15.4. The fourth-order valence-electron chi connectivity index (χ4n) is 1.67.